The van der Waals surface area contributed by atoms with E-state index in [1.54, 1.807) is 0 Å². The molecule has 0 fully saturated rings. The fourth-order valence-electron chi connectivity index (χ4n) is 0.151. The minimum absolute atomic E-state index is 0. The van der Waals surface area contributed by atoms with Gasteiger partial charge in [-0.2, -0.15) is 6.42 Å². The van der Waals surface area contributed by atoms with Crippen LogP contribution in [0.1, 0.15) is 12.8 Å². The largest absolute Gasteiger partial charge is 0.481 e. The number of hydrogen-bond donors (Lipinski definition) is 4. The van der Waals surface area contributed by atoms with Crippen LogP contribution in [0.4, 0.5) is 0 Å². The Kier molecular flexibility index (Phi) is 130. The van der Waals surface area contributed by atoms with Crippen molar-refractivity contribution in [3.8, 4) is 0 Å². The number of carboxylic acids is 1. The summed E-state index contributed by atoms with van der Waals surface area (Å²) in [7, 11) is 3.00. The van der Waals surface area contributed by atoms with Gasteiger partial charge in [0.25, 0.3) is 0 Å². The molecule has 0 aliphatic carbocycles. The smallest absolute Gasteiger partial charge is 0.300 e. The van der Waals surface area contributed by atoms with Crippen LogP contribution in [0.5, 0.6) is 0 Å². The van der Waals surface area contributed by atoms with Crippen molar-refractivity contribution in [2.75, 3.05) is 21.3 Å². The van der Waals surface area contributed by atoms with Crippen molar-refractivity contribution in [2.24, 2.45) is 0 Å². The van der Waals surface area contributed by atoms with Gasteiger partial charge in [0.15, 0.2) is 0 Å². The summed E-state index contributed by atoms with van der Waals surface area (Å²) in [5.41, 5.74) is 0. The van der Waals surface area contributed by atoms with E-state index in [9.17, 15) is 4.79 Å². The molecule has 0 bridgehead atoms. The molecule has 0 heterocycles. The van der Waals surface area contributed by atoms with E-state index in [4.69, 9.17) is 20.4 Å². The van der Waals surface area contributed by atoms with Gasteiger partial charge < -0.3 is 27.3 Å². The molecule has 0 aliphatic rings. The molecule has 0 aliphatic heterocycles. The van der Waals surface area contributed by atoms with Crippen LogP contribution in [0, 0.1) is 6.92 Å². The maximum absolute atomic E-state index is 9.56. The Balaban J connectivity index is -0.0000000263. The van der Waals surface area contributed by atoms with Gasteiger partial charge in [-0.1, -0.05) is 0 Å². The van der Waals surface area contributed by atoms with Gasteiger partial charge in [-0.25, -0.2) is 0 Å². The molecule has 4 N–H and O–H groups in total. The third-order valence-corrected chi connectivity index (χ3v) is 0.391. The van der Waals surface area contributed by atoms with Crippen LogP contribution in [0.3, 0.4) is 0 Å². The first-order chi connectivity index (χ1) is 5.77. The van der Waals surface area contributed by atoms with Gasteiger partial charge in [0.2, 0.25) is 0 Å². The number of carboxylic acid groups (broad SMARTS) is 1. The molecule has 0 amide bonds. The van der Waals surface area contributed by atoms with Gasteiger partial charge in [0.1, 0.15) is 0 Å². The molecule has 13 heavy (non-hydrogen) atoms. The Morgan fingerprint density at radius 2 is 1.31 bits per heavy atom. The molecule has 0 unspecified atom stereocenters. The van der Waals surface area contributed by atoms with Gasteiger partial charge in [0, 0.05) is 49.5 Å². The Bertz CT molecular complexity index is 60.8. The molecule has 0 aromatic heterocycles. The molecule has 5 nitrogen and oxygen atoms in total. The van der Waals surface area contributed by atoms with Crippen LogP contribution in [0.25, 0.3) is 0 Å². The van der Waals surface area contributed by atoms with Crippen molar-refractivity contribution in [2.45, 2.75) is 12.8 Å². The first-order valence-electron chi connectivity index (χ1n) is 3.12. The fraction of sp³-hybridized carbons (Fsp3) is 0.714. The maximum atomic E-state index is 9.56. The molecular weight excluding hydrogens is 212 g/mol. The Morgan fingerprint density at radius 1 is 1.08 bits per heavy atom. The standard InChI is InChI=1S/C4H7O2.3CH4O.Ti/c1-2-3-4(5)6;3*1-2;/h1-3H2,(H,5,6);3*2H,1H3;/q-1;;;;. The summed E-state index contributed by atoms with van der Waals surface area (Å²) in [5.74, 6) is -0.773. The first kappa shape index (κ1) is 29.2. The number of aliphatic carboxylic acids is 1. The summed E-state index contributed by atoms with van der Waals surface area (Å²) >= 11 is 0. The van der Waals surface area contributed by atoms with Crippen molar-refractivity contribution >= 4 is 5.97 Å². The second-order valence-electron chi connectivity index (χ2n) is 0.997. The van der Waals surface area contributed by atoms with Crippen molar-refractivity contribution in [3.05, 3.63) is 6.92 Å². The van der Waals surface area contributed by atoms with E-state index < -0.39 is 5.97 Å². The molecule has 0 radical (unpaired) electrons. The van der Waals surface area contributed by atoms with Gasteiger partial charge in [-0.05, 0) is 0 Å². The number of carbonyl (C=O) groups is 1. The molecular formula is C7H19O5Ti-. The second-order valence-corrected chi connectivity index (χ2v) is 0.997. The zero-order valence-electron chi connectivity index (χ0n) is 8.32. The summed E-state index contributed by atoms with van der Waals surface area (Å²) in [6.07, 6.45) is 0.662. The third kappa shape index (κ3) is 130. The molecule has 0 saturated heterocycles. The predicted molar refractivity (Wildman–Crippen MR) is 46.7 cm³/mol. The molecule has 0 aromatic carbocycles. The average molecular weight is 231 g/mol. The molecule has 0 atom stereocenters. The van der Waals surface area contributed by atoms with Crippen LogP contribution < -0.4 is 0 Å². The third-order valence-electron chi connectivity index (χ3n) is 0.391. The van der Waals surface area contributed by atoms with Gasteiger partial charge in [0.05, 0.1) is 0 Å². The van der Waals surface area contributed by atoms with E-state index >= 15 is 0 Å². The maximum Gasteiger partial charge on any atom is 0.300 e. The number of aliphatic hydroxyl groups excluding tert-OH is 3. The molecule has 0 saturated carbocycles. The summed E-state index contributed by atoms with van der Waals surface area (Å²) < 4.78 is 0. The molecule has 82 valence electrons. The van der Waals surface area contributed by atoms with E-state index in [0.717, 1.165) is 21.3 Å². The zero-order valence-corrected chi connectivity index (χ0v) is 9.88. The van der Waals surface area contributed by atoms with E-state index in [1.165, 1.54) is 0 Å². The van der Waals surface area contributed by atoms with Crippen molar-refractivity contribution in [1.82, 2.24) is 0 Å². The van der Waals surface area contributed by atoms with E-state index in [0.29, 0.717) is 6.42 Å². The van der Waals surface area contributed by atoms with Crippen LogP contribution >= 0.6 is 0 Å². The van der Waals surface area contributed by atoms with E-state index in [2.05, 4.69) is 6.92 Å². The molecule has 0 rings (SSSR count). The number of rotatable bonds is 2. The summed E-state index contributed by atoms with van der Waals surface area (Å²) in [5, 5.41) is 28.9. The first-order valence-corrected chi connectivity index (χ1v) is 3.12. The summed E-state index contributed by atoms with van der Waals surface area (Å²) in [6.45, 7) is 3.34. The summed E-state index contributed by atoms with van der Waals surface area (Å²) in [4.78, 5) is 9.56. The van der Waals surface area contributed by atoms with Crippen LogP contribution in [0.2, 0.25) is 0 Å². The monoisotopic (exact) mass is 231 g/mol. The molecule has 6 heteroatoms. The quantitative estimate of drug-likeness (QED) is 0.379. The number of aliphatic hydroxyl groups is 3. The minimum Gasteiger partial charge on any atom is -0.481 e. The topological polar surface area (TPSA) is 98.0 Å². The number of hydrogen-bond acceptors (Lipinski definition) is 4. The van der Waals surface area contributed by atoms with Crippen molar-refractivity contribution in [3.63, 3.8) is 0 Å². The fourth-order valence-corrected chi connectivity index (χ4v) is 0.151. The van der Waals surface area contributed by atoms with E-state index in [1.807, 2.05) is 0 Å². The molecule has 0 spiro atoms. The van der Waals surface area contributed by atoms with Crippen LogP contribution in [0.15, 0.2) is 0 Å². The Labute approximate surface area is 94.3 Å². The van der Waals surface area contributed by atoms with Crippen LogP contribution in [-0.2, 0) is 26.5 Å². The second kappa shape index (κ2) is 57.6. The minimum atomic E-state index is -0.773. The van der Waals surface area contributed by atoms with Crippen molar-refractivity contribution < 1.29 is 46.9 Å². The van der Waals surface area contributed by atoms with Gasteiger partial charge in [-0.15, -0.1) is 0 Å². The SMILES string of the molecule is CO.CO.CO.[CH2-]CCC(=O)O.[Ti]. The van der Waals surface area contributed by atoms with Gasteiger partial charge in [-0.3, -0.25) is 4.79 Å². The summed E-state index contributed by atoms with van der Waals surface area (Å²) in [6, 6.07) is 0. The zero-order chi connectivity index (χ0) is 11.0. The van der Waals surface area contributed by atoms with E-state index in [-0.39, 0.29) is 28.1 Å². The predicted octanol–water partition coefficient (Wildman–Crippen LogP) is -0.492. The van der Waals surface area contributed by atoms with Crippen LogP contribution in [-0.4, -0.2) is 47.7 Å². The van der Waals surface area contributed by atoms with Crippen molar-refractivity contribution in [1.29, 1.82) is 0 Å². The molecule has 0 aromatic rings. The Hall–Kier alpha value is 0.0643. The average Bonchev–Trinajstić information content (AvgIpc) is 2.14. The Morgan fingerprint density at radius 3 is 1.31 bits per heavy atom. The van der Waals surface area contributed by atoms with Gasteiger partial charge >= 0.3 is 5.97 Å². The normalized spacial score (nSPS) is 5.15.